The van der Waals surface area contributed by atoms with Crippen molar-refractivity contribution < 1.29 is 36.9 Å². The Morgan fingerprint density at radius 1 is 0.714 bits per heavy atom. The van der Waals surface area contributed by atoms with Crippen molar-refractivity contribution in [3.8, 4) is 0 Å². The number of ether oxygens (including phenoxy) is 1. The van der Waals surface area contributed by atoms with Crippen LogP contribution in [0.1, 0.15) is 110 Å². The van der Waals surface area contributed by atoms with Crippen LogP contribution in [-0.2, 0) is 36.9 Å². The molecule has 1 aliphatic heterocycles. The number of carbonyl (C=O) groups is 2. The van der Waals surface area contributed by atoms with Crippen molar-refractivity contribution in [1.82, 2.24) is 5.06 Å². The summed E-state index contributed by atoms with van der Waals surface area (Å²) in [6.07, 6.45) is 2.67. The maximum absolute atomic E-state index is 16.1. The topological polar surface area (TPSA) is 96.1 Å². The molecule has 1 rings (SSSR count). The molecule has 0 aromatic rings. The summed E-state index contributed by atoms with van der Waals surface area (Å²) in [6, 6.07) is 0. The second-order valence-corrected chi connectivity index (χ2v) is 42.0. The fourth-order valence-electron chi connectivity index (χ4n) is 5.81. The lowest BCUT2D eigenvalue weighted by molar-refractivity contribution is -0.171. The quantitative estimate of drug-likeness (QED) is 0.0517. The molecular formula is C43H89NO8Si4. The number of ketones is 1. The molecule has 0 spiro atoms. The summed E-state index contributed by atoms with van der Waals surface area (Å²) >= 11 is 0. The van der Waals surface area contributed by atoms with Gasteiger partial charge in [0.2, 0.25) is 5.91 Å². The van der Waals surface area contributed by atoms with Crippen LogP contribution in [0, 0.1) is 17.8 Å². The van der Waals surface area contributed by atoms with Crippen molar-refractivity contribution in [2.24, 2.45) is 17.8 Å². The highest BCUT2D eigenvalue weighted by molar-refractivity contribution is 6.75. The van der Waals surface area contributed by atoms with Gasteiger partial charge in [0.1, 0.15) is 11.4 Å². The van der Waals surface area contributed by atoms with Crippen LogP contribution in [-0.4, -0.2) is 101 Å². The van der Waals surface area contributed by atoms with Crippen molar-refractivity contribution in [1.29, 1.82) is 0 Å². The molecule has 13 heteroatoms. The smallest absolute Gasteiger partial charge is 0.248 e. The number of allylic oxidation sites excluding steroid dienone is 1. The predicted molar refractivity (Wildman–Crippen MR) is 244 cm³/mol. The third-order valence-corrected chi connectivity index (χ3v) is 32.3. The molecule has 9 nitrogen and oxygen atoms in total. The van der Waals surface area contributed by atoms with Crippen LogP contribution in [0.2, 0.25) is 72.5 Å². The second kappa shape index (κ2) is 18.6. The van der Waals surface area contributed by atoms with E-state index < -0.39 is 62.9 Å². The van der Waals surface area contributed by atoms with Gasteiger partial charge in [0.15, 0.2) is 33.3 Å². The van der Waals surface area contributed by atoms with Gasteiger partial charge in [0.25, 0.3) is 0 Å². The van der Waals surface area contributed by atoms with Gasteiger partial charge in [-0.15, -0.1) is 0 Å². The van der Waals surface area contributed by atoms with E-state index in [-0.39, 0.29) is 63.5 Å². The zero-order valence-electron chi connectivity index (χ0n) is 41.0. The SMILES string of the molecule is CC=C[C@H](C)[C@H]1OC1(C)[C@@H](O[Si](C)(C)C(C)(C)C)[C@@H](CO[Si](C)(C)C(C)(C)C)C(=O)[C@H](CO[Si](C)(C)C(C)(C)C)[C@H](CC(=O)N(C)OC)O[Si](C)(C)C(C)(C)C. The maximum atomic E-state index is 16.1. The summed E-state index contributed by atoms with van der Waals surface area (Å²) in [5.74, 6) is -1.72. The first-order valence-electron chi connectivity index (χ1n) is 21.0. The average molecular weight is 861 g/mol. The summed E-state index contributed by atoms with van der Waals surface area (Å²) in [6.45, 7) is 50.8. The Kier molecular flexibility index (Phi) is 17.8. The zero-order chi connectivity index (χ0) is 44.5. The van der Waals surface area contributed by atoms with E-state index >= 15 is 4.79 Å². The van der Waals surface area contributed by atoms with Gasteiger partial charge < -0.3 is 22.4 Å². The van der Waals surface area contributed by atoms with E-state index in [1.54, 1.807) is 7.05 Å². The van der Waals surface area contributed by atoms with E-state index in [2.05, 4.69) is 161 Å². The molecule has 1 saturated heterocycles. The number of hydrogen-bond acceptors (Lipinski definition) is 8. The van der Waals surface area contributed by atoms with Crippen molar-refractivity contribution in [3.63, 3.8) is 0 Å². The molecule has 7 atom stereocenters. The first-order valence-corrected chi connectivity index (χ1v) is 32.7. The van der Waals surface area contributed by atoms with Crippen LogP contribution < -0.4 is 0 Å². The molecule has 0 N–H and O–H groups in total. The van der Waals surface area contributed by atoms with Gasteiger partial charge >= 0.3 is 0 Å². The van der Waals surface area contributed by atoms with E-state index in [4.69, 9.17) is 27.3 Å². The molecule has 56 heavy (non-hydrogen) atoms. The molecule has 0 bridgehead atoms. The van der Waals surface area contributed by atoms with E-state index in [9.17, 15) is 4.79 Å². The third-order valence-electron chi connectivity index (χ3n) is 14.3. The Morgan fingerprint density at radius 3 is 1.48 bits per heavy atom. The molecule has 1 aliphatic rings. The number of amides is 1. The largest absolute Gasteiger partial charge is 0.416 e. The van der Waals surface area contributed by atoms with Crippen molar-refractivity contribution in [3.05, 3.63) is 12.2 Å². The summed E-state index contributed by atoms with van der Waals surface area (Å²) in [4.78, 5) is 35.4. The van der Waals surface area contributed by atoms with Crippen LogP contribution in [0.3, 0.4) is 0 Å². The fourth-order valence-corrected chi connectivity index (χ4v) is 10.6. The highest BCUT2D eigenvalue weighted by Crippen LogP contribution is 2.52. The van der Waals surface area contributed by atoms with Gasteiger partial charge in [-0.05, 0) is 86.4 Å². The molecule has 330 valence electrons. The Labute approximate surface area is 349 Å². The number of Topliss-reactive ketones (excluding diaryl/α,β-unsaturated/α-hetero) is 1. The van der Waals surface area contributed by atoms with Gasteiger partial charge in [-0.3, -0.25) is 14.4 Å². The Balaban J connectivity index is 4.32. The lowest BCUT2D eigenvalue weighted by atomic mass is 9.79. The number of nitrogens with zero attached hydrogens (tertiary/aromatic N) is 1. The molecule has 0 aromatic carbocycles. The molecule has 0 saturated carbocycles. The van der Waals surface area contributed by atoms with Crippen LogP contribution in [0.5, 0.6) is 0 Å². The molecule has 1 fully saturated rings. The monoisotopic (exact) mass is 860 g/mol. The van der Waals surface area contributed by atoms with Crippen LogP contribution in [0.25, 0.3) is 0 Å². The number of hydroxylamine groups is 2. The molecule has 0 aliphatic carbocycles. The maximum Gasteiger partial charge on any atom is 0.248 e. The molecule has 1 heterocycles. The number of carbonyl (C=O) groups excluding carboxylic acids is 2. The highest BCUT2D eigenvalue weighted by atomic mass is 28.4. The molecule has 0 radical (unpaired) electrons. The Hall–Kier alpha value is -0.492. The van der Waals surface area contributed by atoms with Crippen LogP contribution in [0.4, 0.5) is 0 Å². The highest BCUT2D eigenvalue weighted by Gasteiger charge is 2.65. The van der Waals surface area contributed by atoms with Gasteiger partial charge in [-0.2, -0.15) is 0 Å². The Bertz CT molecular complexity index is 1340. The van der Waals surface area contributed by atoms with Gasteiger partial charge in [-0.1, -0.05) is 102 Å². The van der Waals surface area contributed by atoms with Crippen LogP contribution in [0.15, 0.2) is 12.2 Å². The fraction of sp³-hybridized carbons (Fsp3) is 0.907. The second-order valence-electron chi connectivity index (χ2n) is 22.9. The molecule has 1 unspecified atom stereocenters. The predicted octanol–water partition coefficient (Wildman–Crippen LogP) is 11.4. The lowest BCUT2D eigenvalue weighted by Crippen LogP contribution is -2.57. The van der Waals surface area contributed by atoms with E-state index in [0.717, 1.165) is 0 Å². The van der Waals surface area contributed by atoms with Crippen LogP contribution >= 0.6 is 0 Å². The van der Waals surface area contributed by atoms with E-state index in [1.165, 1.54) is 12.2 Å². The minimum Gasteiger partial charge on any atom is -0.416 e. The van der Waals surface area contributed by atoms with Gasteiger partial charge in [-0.25, -0.2) is 5.06 Å². The normalized spacial score (nSPS) is 22.1. The minimum absolute atomic E-state index is 0.0353. The number of hydrogen-bond donors (Lipinski definition) is 0. The molecular weight excluding hydrogens is 771 g/mol. The molecule has 1 amide bonds. The van der Waals surface area contributed by atoms with Crippen molar-refractivity contribution in [2.45, 2.75) is 207 Å². The molecule has 0 aromatic heterocycles. The van der Waals surface area contributed by atoms with Gasteiger partial charge in [0, 0.05) is 26.2 Å². The van der Waals surface area contributed by atoms with Gasteiger partial charge in [0.05, 0.1) is 43.7 Å². The van der Waals surface area contributed by atoms with Crippen molar-refractivity contribution >= 4 is 45.0 Å². The average Bonchev–Trinajstić information content (AvgIpc) is 3.70. The standard InChI is InChI=1S/C43H89NO8Si4/c1-26-27-31(2)37-43(15,50-37)38(52-56(24,25)42(12,13)14)33(30-49-54(20,21)40(6,7)8)36(46)32(29-48-53(18,19)39(3,4)5)34(28-35(45)44(16)47-17)51-55(22,23)41(9,10)11/h26-27,31-34,37-38H,28-30H2,1-25H3/t31-,32+,33-,34-,37+,38-,43?/m0/s1. The number of rotatable bonds is 20. The summed E-state index contributed by atoms with van der Waals surface area (Å²) in [7, 11) is -6.72. The lowest BCUT2D eigenvalue weighted by Gasteiger charge is -2.46. The number of epoxide rings is 1. The third kappa shape index (κ3) is 13.3. The zero-order valence-corrected chi connectivity index (χ0v) is 45.0. The summed E-state index contributed by atoms with van der Waals surface area (Å²) in [5, 5.41) is 0.721. The first kappa shape index (κ1) is 53.5. The van der Waals surface area contributed by atoms with E-state index in [0.29, 0.717) is 0 Å². The van der Waals surface area contributed by atoms with Crippen molar-refractivity contribution in [2.75, 3.05) is 27.4 Å². The van der Waals surface area contributed by atoms with E-state index in [1.807, 2.05) is 6.92 Å². The Morgan fingerprint density at radius 2 is 1.11 bits per heavy atom. The summed E-state index contributed by atoms with van der Waals surface area (Å²) in [5.41, 5.74) is -0.752. The summed E-state index contributed by atoms with van der Waals surface area (Å²) < 4.78 is 35.5. The first-order chi connectivity index (χ1) is 24.7. The minimum atomic E-state index is -2.55.